The molecule has 6 nitrogen and oxygen atoms in total. The monoisotopic (exact) mass is 293 g/mol. The van der Waals surface area contributed by atoms with Crippen LogP contribution in [0.4, 0.5) is 0 Å². The number of hydrogen-bond acceptors (Lipinski definition) is 3. The normalized spacial score (nSPS) is 12.2. The smallest absolute Gasteiger partial charge is 0.265 e. The lowest BCUT2D eigenvalue weighted by atomic mass is 10.3. The van der Waals surface area contributed by atoms with Gasteiger partial charge in [-0.1, -0.05) is 6.58 Å². The van der Waals surface area contributed by atoms with Gasteiger partial charge >= 0.3 is 0 Å². The number of carbonyl (C=O) groups is 1. The standard InChI is InChI=1S/C12H24N2O4S/c1-5-14(6-2,8-7-9-19(16,17)18)10-13-12(15)11(3)4/h3,5-10H2,1-2,4H3,(H-,13,15,16,17,18)/p+1. The summed E-state index contributed by atoms with van der Waals surface area (Å²) in [6, 6.07) is 0. The molecule has 0 radical (unpaired) electrons. The second kappa shape index (κ2) is 7.62. The van der Waals surface area contributed by atoms with Crippen LogP contribution in [-0.4, -0.2) is 55.4 Å². The second-order valence-electron chi connectivity index (χ2n) is 4.78. The predicted octanol–water partition coefficient (Wildman–Crippen LogP) is 0.771. The fraction of sp³-hybridized carbons (Fsp3) is 0.750. The lowest BCUT2D eigenvalue weighted by Gasteiger charge is -2.36. The van der Waals surface area contributed by atoms with Crippen LogP contribution in [-0.2, 0) is 14.9 Å². The highest BCUT2D eigenvalue weighted by atomic mass is 32.2. The summed E-state index contributed by atoms with van der Waals surface area (Å²) >= 11 is 0. The van der Waals surface area contributed by atoms with Gasteiger partial charge in [-0.15, -0.1) is 0 Å². The van der Waals surface area contributed by atoms with Gasteiger partial charge in [-0.05, 0) is 20.8 Å². The number of nitrogens with one attached hydrogen (secondary N) is 1. The first-order valence-electron chi connectivity index (χ1n) is 6.39. The van der Waals surface area contributed by atoms with Crippen molar-refractivity contribution in [3.63, 3.8) is 0 Å². The maximum atomic E-state index is 11.5. The number of rotatable bonds is 9. The zero-order valence-electron chi connectivity index (χ0n) is 12.0. The van der Waals surface area contributed by atoms with E-state index in [9.17, 15) is 13.2 Å². The molecule has 7 heteroatoms. The van der Waals surface area contributed by atoms with E-state index in [-0.39, 0.29) is 11.7 Å². The Kier molecular flexibility index (Phi) is 7.25. The Bertz CT molecular complexity index is 413. The first-order valence-corrected chi connectivity index (χ1v) is 8.00. The summed E-state index contributed by atoms with van der Waals surface area (Å²) < 4.78 is 30.7. The number of nitrogens with zero attached hydrogens (tertiary/aromatic N) is 1. The van der Waals surface area contributed by atoms with Gasteiger partial charge in [-0.3, -0.25) is 9.35 Å². The van der Waals surface area contributed by atoms with E-state index in [1.165, 1.54) is 0 Å². The molecule has 0 aliphatic carbocycles. The topological polar surface area (TPSA) is 83.5 Å². The molecule has 19 heavy (non-hydrogen) atoms. The van der Waals surface area contributed by atoms with Gasteiger partial charge in [0, 0.05) is 12.0 Å². The van der Waals surface area contributed by atoms with E-state index in [0.29, 0.717) is 29.7 Å². The van der Waals surface area contributed by atoms with Crippen molar-refractivity contribution in [2.75, 3.05) is 32.1 Å². The molecule has 0 saturated heterocycles. The van der Waals surface area contributed by atoms with Crippen LogP contribution in [0.15, 0.2) is 12.2 Å². The fourth-order valence-corrected chi connectivity index (χ4v) is 2.31. The van der Waals surface area contributed by atoms with Crippen LogP contribution in [0.5, 0.6) is 0 Å². The van der Waals surface area contributed by atoms with Crippen LogP contribution >= 0.6 is 0 Å². The zero-order chi connectivity index (χ0) is 15.1. The SMILES string of the molecule is C=C(C)C(=O)NC[N+](CC)(CC)CCCS(=O)(=O)O. The number of carbonyl (C=O) groups excluding carboxylic acids is 1. The molecule has 112 valence electrons. The number of hydrogen-bond donors (Lipinski definition) is 2. The van der Waals surface area contributed by atoms with Crippen molar-refractivity contribution >= 4 is 16.0 Å². The van der Waals surface area contributed by atoms with Crippen LogP contribution in [0.3, 0.4) is 0 Å². The average Bonchev–Trinajstić information content (AvgIpc) is 2.31. The van der Waals surface area contributed by atoms with Gasteiger partial charge in [-0.25, -0.2) is 0 Å². The van der Waals surface area contributed by atoms with Gasteiger partial charge in [0.25, 0.3) is 16.0 Å². The van der Waals surface area contributed by atoms with Crippen molar-refractivity contribution in [2.45, 2.75) is 27.2 Å². The molecule has 0 atom stereocenters. The maximum Gasteiger partial charge on any atom is 0.265 e. The summed E-state index contributed by atoms with van der Waals surface area (Å²) in [5.41, 5.74) is 0.447. The van der Waals surface area contributed by atoms with Gasteiger partial charge in [0.1, 0.15) is 0 Å². The molecule has 0 unspecified atom stereocenters. The Hall–Kier alpha value is -0.920. The van der Waals surface area contributed by atoms with E-state index < -0.39 is 10.1 Å². The summed E-state index contributed by atoms with van der Waals surface area (Å²) in [7, 11) is -3.92. The van der Waals surface area contributed by atoms with Crippen molar-refractivity contribution in [3.8, 4) is 0 Å². The second-order valence-corrected chi connectivity index (χ2v) is 6.35. The number of quaternary nitrogens is 1. The van der Waals surface area contributed by atoms with Gasteiger partial charge < -0.3 is 9.80 Å². The van der Waals surface area contributed by atoms with E-state index >= 15 is 0 Å². The third-order valence-electron chi connectivity index (χ3n) is 3.34. The Morgan fingerprint density at radius 3 is 2.21 bits per heavy atom. The highest BCUT2D eigenvalue weighted by Crippen LogP contribution is 2.07. The highest BCUT2D eigenvalue weighted by molar-refractivity contribution is 7.85. The molecule has 0 heterocycles. The summed E-state index contributed by atoms with van der Waals surface area (Å²) in [6.07, 6.45) is 0.365. The molecule has 1 amide bonds. The van der Waals surface area contributed by atoms with E-state index in [2.05, 4.69) is 11.9 Å². The van der Waals surface area contributed by atoms with E-state index in [1.54, 1.807) is 6.92 Å². The van der Waals surface area contributed by atoms with Crippen molar-refractivity contribution in [2.24, 2.45) is 0 Å². The molecular formula is C12H25N2O4S+. The van der Waals surface area contributed by atoms with Crippen LogP contribution in [0.25, 0.3) is 0 Å². The third-order valence-corrected chi connectivity index (χ3v) is 4.14. The summed E-state index contributed by atoms with van der Waals surface area (Å²) in [5.74, 6) is -0.444. The number of amides is 1. The summed E-state index contributed by atoms with van der Waals surface area (Å²) in [5, 5.41) is 2.79. The van der Waals surface area contributed by atoms with Gasteiger partial charge in [-0.2, -0.15) is 8.42 Å². The van der Waals surface area contributed by atoms with Crippen LogP contribution in [0.1, 0.15) is 27.2 Å². The lowest BCUT2D eigenvalue weighted by molar-refractivity contribution is -0.926. The molecule has 0 spiro atoms. The summed E-state index contributed by atoms with van der Waals surface area (Å²) in [4.78, 5) is 11.5. The van der Waals surface area contributed by atoms with Gasteiger partial charge in [0.15, 0.2) is 6.67 Å². The molecule has 0 saturated carbocycles. The van der Waals surface area contributed by atoms with Crippen molar-refractivity contribution in [3.05, 3.63) is 12.2 Å². The molecule has 0 bridgehead atoms. The molecule has 0 aromatic rings. The third kappa shape index (κ3) is 7.29. The molecule has 0 aliphatic rings. The van der Waals surface area contributed by atoms with E-state index in [4.69, 9.17) is 4.55 Å². The van der Waals surface area contributed by atoms with Crippen molar-refractivity contribution in [1.82, 2.24) is 5.32 Å². The average molecular weight is 293 g/mol. The minimum atomic E-state index is -3.92. The van der Waals surface area contributed by atoms with Crippen LogP contribution in [0.2, 0.25) is 0 Å². The molecule has 0 aromatic carbocycles. The minimum Gasteiger partial charge on any atom is -0.307 e. The van der Waals surface area contributed by atoms with E-state index in [0.717, 1.165) is 13.1 Å². The first-order chi connectivity index (χ1) is 8.66. The van der Waals surface area contributed by atoms with Crippen molar-refractivity contribution < 1.29 is 22.2 Å². The zero-order valence-corrected chi connectivity index (χ0v) is 12.8. The highest BCUT2D eigenvalue weighted by Gasteiger charge is 2.24. The first kappa shape index (κ1) is 18.1. The Morgan fingerprint density at radius 1 is 1.32 bits per heavy atom. The van der Waals surface area contributed by atoms with Crippen LogP contribution < -0.4 is 5.32 Å². The Balaban J connectivity index is 4.49. The quantitative estimate of drug-likeness (QED) is 0.285. The molecular weight excluding hydrogens is 268 g/mol. The van der Waals surface area contributed by atoms with E-state index in [1.807, 2.05) is 13.8 Å². The van der Waals surface area contributed by atoms with Crippen LogP contribution in [0, 0.1) is 0 Å². The predicted molar refractivity (Wildman–Crippen MR) is 75.1 cm³/mol. The van der Waals surface area contributed by atoms with Gasteiger partial charge in [0.05, 0.1) is 25.4 Å². The fourth-order valence-electron chi connectivity index (χ4n) is 1.82. The Morgan fingerprint density at radius 2 is 1.84 bits per heavy atom. The lowest BCUT2D eigenvalue weighted by Crippen LogP contribution is -2.55. The molecule has 0 aliphatic heterocycles. The Labute approximate surface area is 115 Å². The molecule has 2 N–H and O–H groups in total. The van der Waals surface area contributed by atoms with Crippen molar-refractivity contribution in [1.29, 1.82) is 0 Å². The molecule has 0 fully saturated rings. The maximum absolute atomic E-state index is 11.5. The summed E-state index contributed by atoms with van der Waals surface area (Å²) in [6.45, 7) is 11.8. The molecule has 0 rings (SSSR count). The largest absolute Gasteiger partial charge is 0.307 e. The van der Waals surface area contributed by atoms with Gasteiger partial charge in [0.2, 0.25) is 0 Å². The minimum absolute atomic E-state index is 0.195. The molecule has 0 aromatic heterocycles.